The fourth-order valence-electron chi connectivity index (χ4n) is 2.46. The lowest BCUT2D eigenvalue weighted by Crippen LogP contribution is -2.12. The Bertz CT molecular complexity index is 654. The van der Waals surface area contributed by atoms with Gasteiger partial charge in [0.25, 0.3) is 0 Å². The SMILES string of the molecule is CC(C)CCCC(Oc1ccc(Cl)nc1)c1ccc(C(N)=O)cc1. The van der Waals surface area contributed by atoms with Crippen molar-refractivity contribution in [2.45, 2.75) is 39.2 Å². The molecule has 1 aromatic carbocycles. The first-order valence-corrected chi connectivity index (χ1v) is 8.51. The maximum atomic E-state index is 11.2. The van der Waals surface area contributed by atoms with Crippen LogP contribution in [0.4, 0.5) is 0 Å². The Balaban J connectivity index is 2.14. The molecule has 2 aromatic rings. The lowest BCUT2D eigenvalue weighted by atomic mass is 9.99. The van der Waals surface area contributed by atoms with Crippen LogP contribution in [-0.4, -0.2) is 10.9 Å². The van der Waals surface area contributed by atoms with Gasteiger partial charge < -0.3 is 10.5 Å². The normalized spacial score (nSPS) is 12.2. The maximum Gasteiger partial charge on any atom is 0.248 e. The summed E-state index contributed by atoms with van der Waals surface area (Å²) in [5.74, 6) is 0.897. The summed E-state index contributed by atoms with van der Waals surface area (Å²) in [7, 11) is 0. The van der Waals surface area contributed by atoms with Crippen LogP contribution >= 0.6 is 11.6 Å². The van der Waals surface area contributed by atoms with Crippen LogP contribution in [0.3, 0.4) is 0 Å². The van der Waals surface area contributed by atoms with Crippen LogP contribution in [-0.2, 0) is 0 Å². The molecule has 0 fully saturated rings. The number of halogens is 1. The zero-order chi connectivity index (χ0) is 17.5. The number of amides is 1. The van der Waals surface area contributed by atoms with Crippen molar-refractivity contribution in [3.05, 3.63) is 58.9 Å². The number of nitrogens with zero attached hydrogens (tertiary/aromatic N) is 1. The van der Waals surface area contributed by atoms with E-state index >= 15 is 0 Å². The van der Waals surface area contributed by atoms with Crippen LogP contribution in [0.5, 0.6) is 5.75 Å². The molecule has 0 saturated carbocycles. The van der Waals surface area contributed by atoms with Gasteiger partial charge in [0.2, 0.25) is 5.91 Å². The molecule has 0 aliphatic heterocycles. The number of carbonyl (C=O) groups is 1. The number of rotatable bonds is 8. The molecule has 2 N–H and O–H groups in total. The number of primary amides is 1. The summed E-state index contributed by atoms with van der Waals surface area (Å²) >= 11 is 5.82. The summed E-state index contributed by atoms with van der Waals surface area (Å²) in [6.07, 6.45) is 4.60. The Hall–Kier alpha value is -2.07. The van der Waals surface area contributed by atoms with Gasteiger partial charge in [-0.25, -0.2) is 4.98 Å². The number of carbonyl (C=O) groups excluding carboxylic acids is 1. The molecule has 0 aliphatic carbocycles. The number of aromatic nitrogens is 1. The molecule has 1 unspecified atom stereocenters. The van der Waals surface area contributed by atoms with Gasteiger partial charge in [0.15, 0.2) is 0 Å². The fraction of sp³-hybridized carbons (Fsp3) is 0.368. The van der Waals surface area contributed by atoms with Crippen molar-refractivity contribution in [1.29, 1.82) is 0 Å². The predicted molar refractivity (Wildman–Crippen MR) is 96.3 cm³/mol. The van der Waals surface area contributed by atoms with Gasteiger partial charge in [-0.3, -0.25) is 4.79 Å². The lowest BCUT2D eigenvalue weighted by molar-refractivity contribution is 0.1000. The minimum atomic E-state index is -0.430. The molecule has 5 heteroatoms. The first-order valence-electron chi connectivity index (χ1n) is 8.13. The van der Waals surface area contributed by atoms with Crippen molar-refractivity contribution in [2.75, 3.05) is 0 Å². The van der Waals surface area contributed by atoms with Crippen LogP contribution in [0.15, 0.2) is 42.6 Å². The van der Waals surface area contributed by atoms with Crippen molar-refractivity contribution < 1.29 is 9.53 Å². The molecule has 1 aromatic heterocycles. The summed E-state index contributed by atoms with van der Waals surface area (Å²) in [4.78, 5) is 15.3. The van der Waals surface area contributed by atoms with Crippen molar-refractivity contribution in [3.8, 4) is 5.75 Å². The molecular weight excluding hydrogens is 324 g/mol. The van der Waals surface area contributed by atoms with Crippen LogP contribution < -0.4 is 10.5 Å². The second-order valence-electron chi connectivity index (χ2n) is 6.23. The van der Waals surface area contributed by atoms with Crippen molar-refractivity contribution in [1.82, 2.24) is 4.98 Å². The Kier molecular flexibility index (Phi) is 6.62. The highest BCUT2D eigenvalue weighted by molar-refractivity contribution is 6.29. The van der Waals surface area contributed by atoms with Gasteiger partial charge in [-0.1, -0.05) is 44.0 Å². The number of nitrogens with two attached hydrogens (primary N) is 1. The average Bonchev–Trinajstić information content (AvgIpc) is 2.55. The lowest BCUT2D eigenvalue weighted by Gasteiger charge is -2.20. The van der Waals surface area contributed by atoms with Gasteiger partial charge in [-0.2, -0.15) is 0 Å². The van der Waals surface area contributed by atoms with E-state index < -0.39 is 5.91 Å². The van der Waals surface area contributed by atoms with Gasteiger partial charge in [0, 0.05) is 5.56 Å². The second kappa shape index (κ2) is 8.69. The van der Waals surface area contributed by atoms with Crippen molar-refractivity contribution >= 4 is 17.5 Å². The minimum absolute atomic E-state index is 0.103. The molecule has 24 heavy (non-hydrogen) atoms. The second-order valence-corrected chi connectivity index (χ2v) is 6.62. The van der Waals surface area contributed by atoms with E-state index in [2.05, 4.69) is 18.8 Å². The standard InChI is InChI=1S/C19H23ClN2O2/c1-13(2)4-3-5-17(24-16-10-11-18(20)22-12-16)14-6-8-15(9-7-14)19(21)23/h6-13,17H,3-5H2,1-2H3,(H2,21,23). The molecule has 1 amide bonds. The molecule has 0 radical (unpaired) electrons. The van der Waals surface area contributed by atoms with Gasteiger partial charge in [0.1, 0.15) is 17.0 Å². The molecule has 0 aliphatic rings. The molecule has 0 saturated heterocycles. The third-order valence-electron chi connectivity index (χ3n) is 3.79. The first-order chi connectivity index (χ1) is 11.5. The monoisotopic (exact) mass is 346 g/mol. The summed E-state index contributed by atoms with van der Waals surface area (Å²) < 4.78 is 6.10. The van der Waals surface area contributed by atoms with Crippen LogP contribution in [0.2, 0.25) is 5.15 Å². The molecule has 2 rings (SSSR count). The van der Waals surface area contributed by atoms with Crippen LogP contribution in [0, 0.1) is 5.92 Å². The summed E-state index contributed by atoms with van der Waals surface area (Å²) in [6, 6.07) is 10.8. The smallest absolute Gasteiger partial charge is 0.248 e. The van der Waals surface area contributed by atoms with Gasteiger partial charge in [-0.05, 0) is 48.6 Å². The molecule has 128 valence electrons. The first kappa shape index (κ1) is 18.3. The summed E-state index contributed by atoms with van der Waals surface area (Å²) in [5, 5.41) is 0.435. The molecule has 1 heterocycles. The highest BCUT2D eigenvalue weighted by Gasteiger charge is 2.15. The van der Waals surface area contributed by atoms with E-state index in [1.165, 1.54) is 0 Å². The minimum Gasteiger partial charge on any atom is -0.484 e. The van der Waals surface area contributed by atoms with Gasteiger partial charge >= 0.3 is 0 Å². The highest BCUT2D eigenvalue weighted by atomic mass is 35.5. The quantitative estimate of drug-likeness (QED) is 0.699. The van der Waals surface area contributed by atoms with E-state index in [-0.39, 0.29) is 6.10 Å². The van der Waals surface area contributed by atoms with Gasteiger partial charge in [0.05, 0.1) is 6.20 Å². The predicted octanol–water partition coefficient (Wildman–Crippen LogP) is 4.78. The topological polar surface area (TPSA) is 65.2 Å². The molecule has 4 nitrogen and oxygen atoms in total. The number of ether oxygens (including phenoxy) is 1. The van der Waals surface area contributed by atoms with E-state index in [0.717, 1.165) is 24.8 Å². The number of benzene rings is 1. The highest BCUT2D eigenvalue weighted by Crippen LogP contribution is 2.27. The summed E-state index contributed by atoms with van der Waals surface area (Å²) in [5.41, 5.74) is 6.81. The van der Waals surface area contributed by atoms with Crippen LogP contribution in [0.25, 0.3) is 0 Å². The van der Waals surface area contributed by atoms with E-state index in [9.17, 15) is 4.79 Å². The molecule has 1 atom stereocenters. The largest absolute Gasteiger partial charge is 0.484 e. The third-order valence-corrected chi connectivity index (χ3v) is 4.02. The van der Waals surface area contributed by atoms with Crippen molar-refractivity contribution in [2.24, 2.45) is 11.7 Å². The summed E-state index contributed by atoms with van der Waals surface area (Å²) in [6.45, 7) is 4.42. The Morgan fingerprint density at radius 2 is 1.88 bits per heavy atom. The maximum absolute atomic E-state index is 11.2. The molecule has 0 spiro atoms. The zero-order valence-electron chi connectivity index (χ0n) is 14.0. The van der Waals surface area contributed by atoms with E-state index in [0.29, 0.717) is 22.4 Å². The van der Waals surface area contributed by atoms with Gasteiger partial charge in [-0.15, -0.1) is 0 Å². The zero-order valence-corrected chi connectivity index (χ0v) is 14.8. The molecular formula is C19H23ClN2O2. The van der Waals surface area contributed by atoms with E-state index in [1.807, 2.05) is 18.2 Å². The van der Waals surface area contributed by atoms with Crippen LogP contribution in [0.1, 0.15) is 55.1 Å². The number of hydrogen-bond acceptors (Lipinski definition) is 3. The average molecular weight is 347 g/mol. The molecule has 0 bridgehead atoms. The fourth-order valence-corrected chi connectivity index (χ4v) is 2.58. The number of pyridine rings is 1. The Morgan fingerprint density at radius 1 is 1.17 bits per heavy atom. The Labute approximate surface area is 148 Å². The van der Waals surface area contributed by atoms with E-state index in [4.69, 9.17) is 22.1 Å². The third kappa shape index (κ3) is 5.53. The van der Waals surface area contributed by atoms with Crippen molar-refractivity contribution in [3.63, 3.8) is 0 Å². The Morgan fingerprint density at radius 3 is 2.42 bits per heavy atom. The van der Waals surface area contributed by atoms with E-state index in [1.54, 1.807) is 24.4 Å². The number of hydrogen-bond donors (Lipinski definition) is 1.